The van der Waals surface area contributed by atoms with Crippen molar-refractivity contribution in [1.29, 1.82) is 0 Å². The van der Waals surface area contributed by atoms with Gasteiger partial charge in [-0.3, -0.25) is 0 Å². The summed E-state index contributed by atoms with van der Waals surface area (Å²) >= 11 is 0. The molecule has 114 valence electrons. The maximum absolute atomic E-state index is 12.9. The van der Waals surface area contributed by atoms with E-state index in [0.717, 1.165) is 23.9 Å². The highest BCUT2D eigenvalue weighted by molar-refractivity contribution is 5.46. The van der Waals surface area contributed by atoms with Crippen molar-refractivity contribution >= 4 is 11.5 Å². The number of nitrogens with zero attached hydrogens (tertiary/aromatic N) is 5. The first-order valence-electron chi connectivity index (χ1n) is 6.92. The Labute approximate surface area is 119 Å². The minimum atomic E-state index is -4.56. The van der Waals surface area contributed by atoms with Crippen molar-refractivity contribution in [1.82, 2.24) is 19.8 Å². The monoisotopic (exact) mass is 299 g/mol. The molecule has 21 heavy (non-hydrogen) atoms. The number of piperidine rings is 1. The van der Waals surface area contributed by atoms with E-state index < -0.39 is 12.0 Å². The summed E-state index contributed by atoms with van der Waals surface area (Å²) in [5, 5.41) is 10.8. The molecule has 5 nitrogen and oxygen atoms in total. The summed E-state index contributed by atoms with van der Waals surface area (Å²) in [6.45, 7) is 5.05. The van der Waals surface area contributed by atoms with Crippen LogP contribution in [0.5, 0.6) is 0 Å². The number of rotatable bonds is 1. The number of anilines is 1. The summed E-state index contributed by atoms with van der Waals surface area (Å²) < 4.78 is 39.4. The molecule has 0 saturated carbocycles. The predicted octanol–water partition coefficient (Wildman–Crippen LogP) is 2.77. The molecule has 0 aliphatic carbocycles. The number of hydrogen-bond donors (Lipinski definition) is 0. The number of fused-ring (bicyclic) bond motifs is 1. The molecule has 0 amide bonds. The normalized spacial score (nSPS) is 23.8. The van der Waals surface area contributed by atoms with Crippen molar-refractivity contribution in [3.63, 3.8) is 0 Å². The number of halogens is 3. The standard InChI is InChI=1S/C13H16F3N5/c1-8-5-6-20(9(2)7-8)11-4-3-10-17-18-12(13(14,15)16)21(10)19-11/h3-4,8-9H,5-7H2,1-2H3/t8-,9-/m0/s1. The van der Waals surface area contributed by atoms with Gasteiger partial charge in [0.15, 0.2) is 5.65 Å². The van der Waals surface area contributed by atoms with E-state index in [1.165, 1.54) is 6.07 Å². The van der Waals surface area contributed by atoms with Gasteiger partial charge in [0.25, 0.3) is 5.82 Å². The lowest BCUT2D eigenvalue weighted by molar-refractivity contribution is -0.146. The van der Waals surface area contributed by atoms with Crippen molar-refractivity contribution in [2.24, 2.45) is 5.92 Å². The van der Waals surface area contributed by atoms with E-state index in [2.05, 4.69) is 29.1 Å². The molecule has 1 fully saturated rings. The number of aromatic nitrogens is 4. The lowest BCUT2D eigenvalue weighted by atomic mass is 9.93. The maximum atomic E-state index is 12.9. The fourth-order valence-electron chi connectivity index (χ4n) is 2.86. The molecule has 1 aliphatic heterocycles. The second-order valence-electron chi connectivity index (χ2n) is 5.65. The van der Waals surface area contributed by atoms with Crippen molar-refractivity contribution in [2.75, 3.05) is 11.4 Å². The van der Waals surface area contributed by atoms with E-state index in [4.69, 9.17) is 0 Å². The summed E-state index contributed by atoms with van der Waals surface area (Å²) in [6.07, 6.45) is -2.54. The fourth-order valence-corrected chi connectivity index (χ4v) is 2.86. The Balaban J connectivity index is 2.00. The van der Waals surface area contributed by atoms with Gasteiger partial charge in [-0.05, 0) is 37.8 Å². The Hall–Kier alpha value is -1.86. The Morgan fingerprint density at radius 1 is 1.19 bits per heavy atom. The quantitative estimate of drug-likeness (QED) is 0.812. The molecule has 0 unspecified atom stereocenters. The SMILES string of the molecule is C[C@H]1CCN(c2ccc3nnc(C(F)(F)F)n3n2)[C@@H](C)C1. The highest BCUT2D eigenvalue weighted by atomic mass is 19.4. The Morgan fingerprint density at radius 2 is 1.95 bits per heavy atom. The van der Waals surface area contributed by atoms with E-state index in [0.29, 0.717) is 11.7 Å². The molecule has 0 bridgehead atoms. The second-order valence-corrected chi connectivity index (χ2v) is 5.65. The highest BCUT2D eigenvalue weighted by Crippen LogP contribution is 2.29. The average Bonchev–Trinajstić information content (AvgIpc) is 2.81. The van der Waals surface area contributed by atoms with Crippen LogP contribution in [0.3, 0.4) is 0 Å². The smallest absolute Gasteiger partial charge is 0.352 e. The zero-order valence-corrected chi connectivity index (χ0v) is 11.8. The largest absolute Gasteiger partial charge is 0.453 e. The van der Waals surface area contributed by atoms with Crippen LogP contribution >= 0.6 is 0 Å². The first-order valence-corrected chi connectivity index (χ1v) is 6.92. The minimum absolute atomic E-state index is 0.101. The Kier molecular flexibility index (Phi) is 3.26. The van der Waals surface area contributed by atoms with Gasteiger partial charge in [0.2, 0.25) is 0 Å². The lowest BCUT2D eigenvalue weighted by Crippen LogP contribution is -2.41. The van der Waals surface area contributed by atoms with E-state index in [1.807, 2.05) is 4.90 Å². The number of alkyl halides is 3. The molecule has 0 aromatic carbocycles. The molecule has 8 heteroatoms. The van der Waals surface area contributed by atoms with Crippen LogP contribution in [0.4, 0.5) is 19.0 Å². The first kappa shape index (κ1) is 14.1. The summed E-state index contributed by atoms with van der Waals surface area (Å²) in [5.74, 6) is 0.0743. The van der Waals surface area contributed by atoms with Gasteiger partial charge in [0.05, 0.1) is 0 Å². The summed E-state index contributed by atoms with van der Waals surface area (Å²) in [4.78, 5) is 2.04. The zero-order chi connectivity index (χ0) is 15.2. The van der Waals surface area contributed by atoms with Crippen LogP contribution in [0.2, 0.25) is 0 Å². The van der Waals surface area contributed by atoms with Crippen molar-refractivity contribution < 1.29 is 13.2 Å². The molecule has 3 heterocycles. The van der Waals surface area contributed by atoms with Crippen molar-refractivity contribution in [3.8, 4) is 0 Å². The third kappa shape index (κ3) is 2.54. The summed E-state index contributed by atoms with van der Waals surface area (Å²) in [5.41, 5.74) is 0.101. The lowest BCUT2D eigenvalue weighted by Gasteiger charge is -2.37. The maximum Gasteiger partial charge on any atom is 0.453 e. The van der Waals surface area contributed by atoms with Crippen LogP contribution in [0.25, 0.3) is 5.65 Å². The Morgan fingerprint density at radius 3 is 2.62 bits per heavy atom. The van der Waals surface area contributed by atoms with Crippen LogP contribution in [0.1, 0.15) is 32.5 Å². The first-order chi connectivity index (χ1) is 9.86. The predicted molar refractivity (Wildman–Crippen MR) is 71.0 cm³/mol. The second kappa shape index (κ2) is 4.85. The van der Waals surface area contributed by atoms with Gasteiger partial charge in [0, 0.05) is 12.6 Å². The van der Waals surface area contributed by atoms with Crippen LogP contribution in [-0.4, -0.2) is 32.4 Å². The molecule has 2 aromatic heterocycles. The molecule has 0 radical (unpaired) electrons. The molecule has 0 N–H and O–H groups in total. The molecule has 1 saturated heterocycles. The van der Waals surface area contributed by atoms with Gasteiger partial charge < -0.3 is 4.90 Å². The van der Waals surface area contributed by atoms with Gasteiger partial charge >= 0.3 is 6.18 Å². The third-order valence-corrected chi connectivity index (χ3v) is 3.93. The van der Waals surface area contributed by atoms with Gasteiger partial charge in [0.1, 0.15) is 5.82 Å². The molecular weight excluding hydrogens is 283 g/mol. The fraction of sp³-hybridized carbons (Fsp3) is 0.615. The van der Waals surface area contributed by atoms with Gasteiger partial charge in [-0.15, -0.1) is 15.3 Å². The van der Waals surface area contributed by atoms with E-state index in [1.54, 1.807) is 6.07 Å². The molecule has 0 spiro atoms. The average molecular weight is 299 g/mol. The van der Waals surface area contributed by atoms with Crippen LogP contribution in [0.15, 0.2) is 12.1 Å². The third-order valence-electron chi connectivity index (χ3n) is 3.93. The minimum Gasteiger partial charge on any atom is -0.352 e. The van der Waals surface area contributed by atoms with E-state index >= 15 is 0 Å². The molecular formula is C13H16F3N5. The molecule has 3 rings (SSSR count). The Bertz CT molecular complexity index is 651. The molecule has 2 atom stereocenters. The molecule has 2 aromatic rings. The number of hydrogen-bond acceptors (Lipinski definition) is 4. The van der Waals surface area contributed by atoms with E-state index in [-0.39, 0.29) is 11.7 Å². The van der Waals surface area contributed by atoms with Crippen LogP contribution in [0, 0.1) is 5.92 Å². The summed E-state index contributed by atoms with van der Waals surface area (Å²) in [6, 6.07) is 3.48. The molecule has 1 aliphatic rings. The summed E-state index contributed by atoms with van der Waals surface area (Å²) in [7, 11) is 0. The highest BCUT2D eigenvalue weighted by Gasteiger charge is 2.38. The zero-order valence-electron chi connectivity index (χ0n) is 11.8. The van der Waals surface area contributed by atoms with Gasteiger partial charge in [-0.1, -0.05) is 6.92 Å². The topological polar surface area (TPSA) is 46.3 Å². The van der Waals surface area contributed by atoms with Crippen molar-refractivity contribution in [2.45, 2.75) is 38.9 Å². The van der Waals surface area contributed by atoms with Crippen LogP contribution in [-0.2, 0) is 6.18 Å². The van der Waals surface area contributed by atoms with Crippen molar-refractivity contribution in [3.05, 3.63) is 18.0 Å². The van der Waals surface area contributed by atoms with Crippen LogP contribution < -0.4 is 4.90 Å². The van der Waals surface area contributed by atoms with E-state index in [9.17, 15) is 13.2 Å². The van der Waals surface area contributed by atoms with Gasteiger partial charge in [-0.25, -0.2) is 0 Å². The van der Waals surface area contributed by atoms with Gasteiger partial charge in [-0.2, -0.15) is 17.7 Å².